The summed E-state index contributed by atoms with van der Waals surface area (Å²) in [5.74, 6) is 0. The van der Waals surface area contributed by atoms with E-state index in [2.05, 4.69) is 6.08 Å². The van der Waals surface area contributed by atoms with Gasteiger partial charge in [-0.2, -0.15) is 0 Å². The molecule has 0 unspecified atom stereocenters. The number of benzene rings is 1. The van der Waals surface area contributed by atoms with Gasteiger partial charge in [0.1, 0.15) is 0 Å². The Balaban J connectivity index is 2.65. The summed E-state index contributed by atoms with van der Waals surface area (Å²) in [5, 5.41) is 0.836. The fourth-order valence-electron chi connectivity index (χ4n) is 2.14. The van der Waals surface area contributed by atoms with Gasteiger partial charge in [-0.3, -0.25) is 0 Å². The van der Waals surface area contributed by atoms with Gasteiger partial charge in [0.05, 0.1) is 0 Å². The third kappa shape index (κ3) is 1.42. The molecule has 1 aliphatic rings. The van der Waals surface area contributed by atoms with E-state index >= 15 is 0 Å². The van der Waals surface area contributed by atoms with Gasteiger partial charge in [0.15, 0.2) is 0 Å². The largest absolute Gasteiger partial charge is 0.398 e. The van der Waals surface area contributed by atoms with Crippen LogP contribution in [0.4, 0.5) is 5.69 Å². The van der Waals surface area contributed by atoms with Gasteiger partial charge in [-0.25, -0.2) is 0 Å². The predicted molar refractivity (Wildman–Crippen MR) is 62.6 cm³/mol. The van der Waals surface area contributed by atoms with Crippen molar-refractivity contribution >= 4 is 23.4 Å². The van der Waals surface area contributed by atoms with E-state index in [-0.39, 0.29) is 0 Å². The lowest BCUT2D eigenvalue weighted by atomic mass is 10.0. The van der Waals surface area contributed by atoms with Crippen molar-refractivity contribution in [1.29, 1.82) is 0 Å². The summed E-state index contributed by atoms with van der Waals surface area (Å²) in [6.07, 6.45) is 7.51. The van der Waals surface area contributed by atoms with E-state index in [1.807, 2.05) is 19.1 Å². The molecule has 0 aromatic heterocycles. The van der Waals surface area contributed by atoms with Crippen LogP contribution in [-0.4, -0.2) is 0 Å². The Labute approximate surface area is 89.6 Å². The molecule has 0 atom stereocenters. The van der Waals surface area contributed by atoms with Gasteiger partial charge in [0.2, 0.25) is 0 Å². The Morgan fingerprint density at radius 3 is 2.79 bits per heavy atom. The highest BCUT2D eigenvalue weighted by molar-refractivity contribution is 6.32. The Morgan fingerprint density at radius 2 is 2.07 bits per heavy atom. The summed E-state index contributed by atoms with van der Waals surface area (Å²) in [5.41, 5.74) is 10.6. The fraction of sp³-hybridized carbons (Fsp3) is 0.333. The number of fused-ring (bicyclic) bond motifs is 1. The molecule has 2 heteroatoms. The van der Waals surface area contributed by atoms with Crippen molar-refractivity contribution in [1.82, 2.24) is 0 Å². The normalized spacial score (nSPS) is 15.0. The van der Waals surface area contributed by atoms with Gasteiger partial charge in [0.25, 0.3) is 0 Å². The zero-order chi connectivity index (χ0) is 10.1. The number of anilines is 1. The summed E-state index contributed by atoms with van der Waals surface area (Å²) in [6.45, 7) is 2.01. The van der Waals surface area contributed by atoms with E-state index < -0.39 is 0 Å². The number of hydrogen-bond donors (Lipinski definition) is 1. The smallest absolute Gasteiger partial charge is 0.0461 e. The number of rotatable bonds is 1. The minimum absolute atomic E-state index is 0.800. The van der Waals surface area contributed by atoms with E-state index in [4.69, 9.17) is 17.3 Å². The molecule has 2 N–H and O–H groups in total. The lowest BCUT2D eigenvalue weighted by Gasteiger charge is -2.09. The van der Waals surface area contributed by atoms with Crippen molar-refractivity contribution in [3.8, 4) is 0 Å². The molecular weight excluding hydrogens is 194 g/mol. The molecule has 0 fully saturated rings. The van der Waals surface area contributed by atoms with Crippen molar-refractivity contribution in [2.24, 2.45) is 0 Å². The number of hydrogen-bond acceptors (Lipinski definition) is 1. The van der Waals surface area contributed by atoms with Gasteiger partial charge in [0, 0.05) is 16.3 Å². The van der Waals surface area contributed by atoms with Gasteiger partial charge >= 0.3 is 0 Å². The summed E-state index contributed by atoms with van der Waals surface area (Å²) in [7, 11) is 0. The van der Waals surface area contributed by atoms with Crippen molar-refractivity contribution in [2.75, 3.05) is 5.73 Å². The van der Waals surface area contributed by atoms with E-state index in [0.29, 0.717) is 0 Å². The van der Waals surface area contributed by atoms with E-state index in [9.17, 15) is 0 Å². The molecule has 0 amide bonds. The Bertz CT molecular complexity index is 394. The second-order valence-electron chi connectivity index (χ2n) is 3.67. The van der Waals surface area contributed by atoms with Gasteiger partial charge in [-0.05, 0) is 43.4 Å². The van der Waals surface area contributed by atoms with Crippen LogP contribution >= 0.6 is 11.6 Å². The quantitative estimate of drug-likeness (QED) is 0.702. The molecule has 2 rings (SSSR count). The predicted octanol–water partition coefficient (Wildman–Crippen LogP) is 3.44. The highest BCUT2D eigenvalue weighted by atomic mass is 35.5. The SMILES string of the molecule is C/C=C/c1c(N)cc(Cl)c2c1CCC2. The van der Waals surface area contributed by atoms with Crippen LogP contribution in [-0.2, 0) is 12.8 Å². The second kappa shape index (κ2) is 3.66. The molecule has 14 heavy (non-hydrogen) atoms. The van der Waals surface area contributed by atoms with Crippen LogP contribution in [0.25, 0.3) is 6.08 Å². The molecule has 1 aromatic carbocycles. The first-order valence-corrected chi connectivity index (χ1v) is 5.34. The van der Waals surface area contributed by atoms with E-state index in [1.54, 1.807) is 0 Å². The lowest BCUT2D eigenvalue weighted by Crippen LogP contribution is -1.96. The summed E-state index contributed by atoms with van der Waals surface area (Å²) in [4.78, 5) is 0. The van der Waals surface area contributed by atoms with Crippen LogP contribution in [0, 0.1) is 0 Å². The number of halogens is 1. The van der Waals surface area contributed by atoms with Crippen LogP contribution in [0.15, 0.2) is 12.1 Å². The van der Waals surface area contributed by atoms with Crippen LogP contribution in [0.2, 0.25) is 5.02 Å². The fourth-order valence-corrected chi connectivity index (χ4v) is 2.47. The van der Waals surface area contributed by atoms with Crippen molar-refractivity contribution in [3.63, 3.8) is 0 Å². The average molecular weight is 208 g/mol. The summed E-state index contributed by atoms with van der Waals surface area (Å²) >= 11 is 6.14. The summed E-state index contributed by atoms with van der Waals surface area (Å²) in [6, 6.07) is 1.88. The molecule has 0 saturated heterocycles. The van der Waals surface area contributed by atoms with Crippen molar-refractivity contribution < 1.29 is 0 Å². The van der Waals surface area contributed by atoms with Gasteiger partial charge in [-0.1, -0.05) is 23.8 Å². The molecule has 1 nitrogen and oxygen atoms in total. The van der Waals surface area contributed by atoms with Crippen LogP contribution in [0.5, 0.6) is 0 Å². The molecule has 0 bridgehead atoms. The van der Waals surface area contributed by atoms with E-state index in [0.717, 1.165) is 23.6 Å². The number of nitrogens with two attached hydrogens (primary N) is 1. The van der Waals surface area contributed by atoms with Crippen molar-refractivity contribution in [2.45, 2.75) is 26.2 Å². The number of allylic oxidation sites excluding steroid dienone is 1. The average Bonchev–Trinajstić information content (AvgIpc) is 2.60. The topological polar surface area (TPSA) is 26.0 Å². The Morgan fingerprint density at radius 1 is 1.36 bits per heavy atom. The zero-order valence-corrected chi connectivity index (χ0v) is 9.06. The van der Waals surface area contributed by atoms with Gasteiger partial charge in [-0.15, -0.1) is 0 Å². The molecular formula is C12H14ClN. The van der Waals surface area contributed by atoms with E-state index in [1.165, 1.54) is 23.1 Å². The molecule has 1 aliphatic carbocycles. The minimum Gasteiger partial charge on any atom is -0.398 e. The Hall–Kier alpha value is -0.950. The first-order valence-electron chi connectivity index (χ1n) is 4.96. The molecule has 1 aromatic rings. The highest BCUT2D eigenvalue weighted by Crippen LogP contribution is 2.35. The maximum Gasteiger partial charge on any atom is 0.0461 e. The van der Waals surface area contributed by atoms with Crippen LogP contribution in [0.1, 0.15) is 30.0 Å². The molecule has 74 valence electrons. The molecule has 0 aliphatic heterocycles. The lowest BCUT2D eigenvalue weighted by molar-refractivity contribution is 0.911. The highest BCUT2D eigenvalue weighted by Gasteiger charge is 2.18. The third-order valence-corrected chi connectivity index (χ3v) is 3.10. The maximum atomic E-state index is 6.14. The molecule has 0 radical (unpaired) electrons. The van der Waals surface area contributed by atoms with Crippen molar-refractivity contribution in [3.05, 3.63) is 33.9 Å². The minimum atomic E-state index is 0.800. The Kier molecular flexibility index (Phi) is 2.51. The molecule has 0 saturated carbocycles. The molecule has 0 spiro atoms. The first-order chi connectivity index (χ1) is 6.74. The van der Waals surface area contributed by atoms with Crippen LogP contribution < -0.4 is 5.73 Å². The zero-order valence-electron chi connectivity index (χ0n) is 8.31. The van der Waals surface area contributed by atoms with Crippen LogP contribution in [0.3, 0.4) is 0 Å². The standard InChI is InChI=1S/C12H14ClN/c1-2-4-10-8-5-3-6-9(8)11(13)7-12(10)14/h2,4,7H,3,5-6,14H2,1H3/b4-2+. The number of nitrogen functional groups attached to an aromatic ring is 1. The maximum absolute atomic E-state index is 6.14. The van der Waals surface area contributed by atoms with Gasteiger partial charge < -0.3 is 5.73 Å². The third-order valence-electron chi connectivity index (χ3n) is 2.76. The summed E-state index contributed by atoms with van der Waals surface area (Å²) < 4.78 is 0. The second-order valence-corrected chi connectivity index (χ2v) is 4.08. The monoisotopic (exact) mass is 207 g/mol. The molecule has 0 heterocycles. The first kappa shape index (κ1) is 9.60.